The van der Waals surface area contributed by atoms with Gasteiger partial charge < -0.3 is 10.2 Å². The van der Waals surface area contributed by atoms with Gasteiger partial charge in [0, 0.05) is 19.1 Å². The van der Waals surface area contributed by atoms with Crippen molar-refractivity contribution in [2.45, 2.75) is 42.7 Å². The summed E-state index contributed by atoms with van der Waals surface area (Å²) in [5.41, 5.74) is 7.67. The van der Waals surface area contributed by atoms with Crippen molar-refractivity contribution in [1.82, 2.24) is 21.1 Å². The van der Waals surface area contributed by atoms with Crippen LogP contribution in [0.25, 0.3) is 0 Å². The van der Waals surface area contributed by atoms with Gasteiger partial charge in [-0.3, -0.25) is 4.79 Å². The molecule has 5 nitrogen and oxygen atoms in total. The van der Waals surface area contributed by atoms with Gasteiger partial charge in [0.2, 0.25) is 5.91 Å². The molecule has 6 heteroatoms. The lowest BCUT2D eigenvalue weighted by atomic mass is 10.0. The molecule has 2 saturated heterocycles. The SMILES string of the molecule is CCCN(C(=O)C1NNC(c2ccccc2)C1Br)C1CCNC1. The second kappa shape index (κ2) is 7.75. The fourth-order valence-corrected chi connectivity index (χ4v) is 4.25. The Labute approximate surface area is 146 Å². The highest BCUT2D eigenvalue weighted by molar-refractivity contribution is 9.09. The van der Waals surface area contributed by atoms with E-state index in [2.05, 4.69) is 56.1 Å². The predicted octanol–water partition coefficient (Wildman–Crippen LogP) is 1.57. The van der Waals surface area contributed by atoms with Crippen molar-refractivity contribution in [3.63, 3.8) is 0 Å². The molecule has 0 aromatic heterocycles. The Balaban J connectivity index is 1.71. The predicted molar refractivity (Wildman–Crippen MR) is 95.2 cm³/mol. The highest BCUT2D eigenvalue weighted by atomic mass is 79.9. The van der Waals surface area contributed by atoms with E-state index in [9.17, 15) is 4.79 Å². The number of carbonyl (C=O) groups excluding carboxylic acids is 1. The Kier molecular flexibility index (Phi) is 5.69. The van der Waals surface area contributed by atoms with Crippen LogP contribution in [0.15, 0.2) is 30.3 Å². The third-order valence-electron chi connectivity index (χ3n) is 4.68. The molecule has 4 atom stereocenters. The average Bonchev–Trinajstić information content (AvgIpc) is 3.22. The fraction of sp³-hybridized carbons (Fsp3) is 0.588. The Hall–Kier alpha value is -0.950. The average molecular weight is 381 g/mol. The summed E-state index contributed by atoms with van der Waals surface area (Å²) < 4.78 is 0. The van der Waals surface area contributed by atoms with E-state index in [4.69, 9.17) is 0 Å². The minimum atomic E-state index is -0.243. The molecule has 2 fully saturated rings. The van der Waals surface area contributed by atoms with Crippen molar-refractivity contribution in [3.8, 4) is 0 Å². The summed E-state index contributed by atoms with van der Waals surface area (Å²) in [6, 6.07) is 10.4. The van der Waals surface area contributed by atoms with Crippen LogP contribution in [0.1, 0.15) is 31.4 Å². The van der Waals surface area contributed by atoms with Gasteiger partial charge in [-0.25, -0.2) is 10.9 Å². The highest BCUT2D eigenvalue weighted by Gasteiger charge is 2.42. The lowest BCUT2D eigenvalue weighted by molar-refractivity contribution is -0.135. The molecule has 0 bridgehead atoms. The van der Waals surface area contributed by atoms with E-state index in [1.54, 1.807) is 0 Å². The molecule has 23 heavy (non-hydrogen) atoms. The summed E-state index contributed by atoms with van der Waals surface area (Å²) >= 11 is 3.75. The van der Waals surface area contributed by atoms with Gasteiger partial charge in [0.15, 0.2) is 0 Å². The summed E-state index contributed by atoms with van der Waals surface area (Å²) in [5, 5.41) is 3.36. The Morgan fingerprint density at radius 1 is 1.30 bits per heavy atom. The quantitative estimate of drug-likeness (QED) is 0.678. The molecule has 4 unspecified atom stereocenters. The van der Waals surface area contributed by atoms with Crippen molar-refractivity contribution in [1.29, 1.82) is 0 Å². The number of rotatable bonds is 5. The van der Waals surface area contributed by atoms with Crippen LogP contribution in [0.5, 0.6) is 0 Å². The van der Waals surface area contributed by atoms with Gasteiger partial charge in [0.25, 0.3) is 0 Å². The fourth-order valence-electron chi connectivity index (χ4n) is 3.45. The molecule has 1 aromatic rings. The topological polar surface area (TPSA) is 56.4 Å². The number of carbonyl (C=O) groups is 1. The Morgan fingerprint density at radius 3 is 2.74 bits per heavy atom. The van der Waals surface area contributed by atoms with Crippen molar-refractivity contribution in [2.75, 3.05) is 19.6 Å². The molecule has 3 rings (SSSR count). The number of hydrogen-bond acceptors (Lipinski definition) is 4. The van der Waals surface area contributed by atoms with E-state index in [-0.39, 0.29) is 22.8 Å². The van der Waals surface area contributed by atoms with E-state index in [1.165, 1.54) is 5.56 Å². The lowest BCUT2D eigenvalue weighted by Crippen LogP contribution is -2.52. The van der Waals surface area contributed by atoms with Gasteiger partial charge in [-0.2, -0.15) is 0 Å². The van der Waals surface area contributed by atoms with Crippen molar-refractivity contribution >= 4 is 21.8 Å². The number of nitrogens with one attached hydrogen (secondary N) is 3. The number of benzene rings is 1. The standard InChI is InChI=1S/C17H25BrN4O/c1-2-10-22(13-8-9-19-11-13)17(23)16-14(18)15(20-21-16)12-6-4-3-5-7-12/h3-7,13-16,19-21H,2,8-11H2,1H3. The molecule has 2 heterocycles. The monoisotopic (exact) mass is 380 g/mol. The smallest absolute Gasteiger partial charge is 0.242 e. The summed E-state index contributed by atoms with van der Waals surface area (Å²) in [6.07, 6.45) is 2.03. The first-order valence-corrected chi connectivity index (χ1v) is 9.35. The maximum atomic E-state index is 13.1. The number of hydrogen-bond donors (Lipinski definition) is 3. The van der Waals surface area contributed by atoms with Crippen molar-refractivity contribution < 1.29 is 4.79 Å². The van der Waals surface area contributed by atoms with Gasteiger partial charge in [0.05, 0.1) is 10.9 Å². The molecule has 126 valence electrons. The Bertz CT molecular complexity index is 521. The molecule has 2 aliphatic rings. The number of hydrazine groups is 1. The molecule has 0 spiro atoms. The third kappa shape index (κ3) is 3.60. The van der Waals surface area contributed by atoms with Gasteiger partial charge in [-0.05, 0) is 24.9 Å². The van der Waals surface area contributed by atoms with Crippen LogP contribution in [-0.4, -0.2) is 47.4 Å². The summed E-state index contributed by atoms with van der Waals surface area (Å²) in [4.78, 5) is 15.2. The number of nitrogens with zero attached hydrogens (tertiary/aromatic N) is 1. The first-order chi connectivity index (χ1) is 11.2. The highest BCUT2D eigenvalue weighted by Crippen LogP contribution is 2.30. The zero-order chi connectivity index (χ0) is 16.2. The molecule has 0 saturated carbocycles. The maximum absolute atomic E-state index is 13.1. The van der Waals surface area contributed by atoms with E-state index in [1.807, 2.05) is 18.2 Å². The van der Waals surface area contributed by atoms with E-state index >= 15 is 0 Å². The zero-order valence-electron chi connectivity index (χ0n) is 13.5. The van der Waals surface area contributed by atoms with Crippen LogP contribution in [0.2, 0.25) is 0 Å². The molecule has 0 aliphatic carbocycles. The molecule has 0 radical (unpaired) electrons. The van der Waals surface area contributed by atoms with Gasteiger partial charge in [-0.15, -0.1) is 0 Å². The first-order valence-electron chi connectivity index (χ1n) is 8.43. The van der Waals surface area contributed by atoms with Crippen LogP contribution in [0, 0.1) is 0 Å². The molecule has 2 aliphatic heterocycles. The molecular weight excluding hydrogens is 356 g/mol. The molecule has 3 N–H and O–H groups in total. The second-order valence-electron chi connectivity index (χ2n) is 6.28. The molecular formula is C17H25BrN4O. The summed E-state index contributed by atoms with van der Waals surface area (Å²) in [6.45, 7) is 4.85. The van der Waals surface area contributed by atoms with E-state index in [0.717, 1.165) is 32.5 Å². The van der Waals surface area contributed by atoms with Crippen LogP contribution in [0.3, 0.4) is 0 Å². The van der Waals surface area contributed by atoms with Gasteiger partial charge in [-0.1, -0.05) is 53.2 Å². The van der Waals surface area contributed by atoms with Crippen molar-refractivity contribution in [2.24, 2.45) is 0 Å². The lowest BCUT2D eigenvalue weighted by Gasteiger charge is -2.31. The van der Waals surface area contributed by atoms with Gasteiger partial charge in [0.1, 0.15) is 6.04 Å². The molecule has 1 aromatic carbocycles. The minimum absolute atomic E-state index is 0.0334. The number of amides is 1. The summed E-state index contributed by atoms with van der Waals surface area (Å²) in [7, 11) is 0. The normalized spacial score (nSPS) is 30.5. The largest absolute Gasteiger partial charge is 0.337 e. The van der Waals surface area contributed by atoms with Crippen LogP contribution >= 0.6 is 15.9 Å². The maximum Gasteiger partial charge on any atom is 0.242 e. The second-order valence-corrected chi connectivity index (χ2v) is 7.33. The van der Waals surface area contributed by atoms with E-state index in [0.29, 0.717) is 6.04 Å². The van der Waals surface area contributed by atoms with Gasteiger partial charge >= 0.3 is 0 Å². The third-order valence-corrected chi connectivity index (χ3v) is 5.74. The number of halogens is 1. The van der Waals surface area contributed by atoms with Crippen molar-refractivity contribution in [3.05, 3.63) is 35.9 Å². The summed E-state index contributed by atoms with van der Waals surface area (Å²) in [5.74, 6) is 0.188. The van der Waals surface area contributed by atoms with Crippen LogP contribution < -0.4 is 16.2 Å². The first kappa shape index (κ1) is 16.9. The van der Waals surface area contributed by atoms with Crippen LogP contribution in [0.4, 0.5) is 0 Å². The minimum Gasteiger partial charge on any atom is -0.337 e. The van der Waals surface area contributed by atoms with E-state index < -0.39 is 0 Å². The zero-order valence-corrected chi connectivity index (χ0v) is 15.1. The number of alkyl halides is 1. The van der Waals surface area contributed by atoms with Crippen LogP contribution in [-0.2, 0) is 4.79 Å². The Morgan fingerprint density at radius 2 is 2.09 bits per heavy atom. The molecule has 1 amide bonds.